The Kier molecular flexibility index (Phi) is 47.1. The first-order chi connectivity index (χ1) is 32.9. The summed E-state index contributed by atoms with van der Waals surface area (Å²) in [6, 6.07) is -0.895. The number of quaternary nitrogens is 1. The van der Waals surface area contributed by atoms with Gasteiger partial charge in [0.05, 0.1) is 33.8 Å². The summed E-state index contributed by atoms with van der Waals surface area (Å²) in [5.41, 5.74) is 0. The molecule has 10 heteroatoms. The minimum absolute atomic E-state index is 0.0260. The zero-order chi connectivity index (χ0) is 50.1. The van der Waals surface area contributed by atoms with Crippen molar-refractivity contribution in [1.29, 1.82) is 0 Å². The Morgan fingerprint density at radius 3 is 1.40 bits per heavy atom. The Labute approximate surface area is 420 Å². The molecule has 0 aromatic carbocycles. The number of ether oxygens (including phenoxy) is 1. The maximum absolute atomic E-state index is 13.4. The van der Waals surface area contributed by atoms with Gasteiger partial charge in [-0.05, 0) is 51.0 Å². The maximum Gasteiger partial charge on any atom is 0.306 e. The van der Waals surface area contributed by atoms with Crippen LogP contribution in [0.2, 0.25) is 0 Å². The molecule has 0 aliphatic rings. The molecule has 398 valence electrons. The van der Waals surface area contributed by atoms with E-state index in [1.807, 2.05) is 39.4 Å². The van der Waals surface area contributed by atoms with Crippen LogP contribution in [0.5, 0.6) is 0 Å². The van der Waals surface area contributed by atoms with Gasteiger partial charge in [-0.15, -0.1) is 0 Å². The molecule has 68 heavy (non-hydrogen) atoms. The second kappa shape index (κ2) is 48.6. The lowest BCUT2D eigenvalue weighted by Gasteiger charge is -2.30. The highest BCUT2D eigenvalue weighted by atomic mass is 31.2. The number of likely N-dealkylation sites (N-methyl/N-ethyl adjacent to an activating group) is 1. The van der Waals surface area contributed by atoms with Crippen molar-refractivity contribution in [3.05, 3.63) is 48.6 Å². The number of esters is 1. The number of rotatable bonds is 51. The molecule has 3 unspecified atom stereocenters. The van der Waals surface area contributed by atoms with Gasteiger partial charge in [-0.2, -0.15) is 0 Å². The number of nitrogens with one attached hydrogen (secondary N) is 1. The summed E-state index contributed by atoms with van der Waals surface area (Å²) in [5.74, 6) is -0.558. The predicted octanol–water partition coefficient (Wildman–Crippen LogP) is 16.3. The van der Waals surface area contributed by atoms with Crippen LogP contribution in [0.3, 0.4) is 0 Å². The third kappa shape index (κ3) is 49.0. The van der Waals surface area contributed by atoms with Gasteiger partial charge in [-0.25, -0.2) is 0 Å². The minimum Gasteiger partial charge on any atom is -0.756 e. The maximum atomic E-state index is 13.4. The van der Waals surface area contributed by atoms with Crippen LogP contribution in [0.25, 0.3) is 0 Å². The molecule has 0 bridgehead atoms. The molecule has 0 fully saturated rings. The summed E-state index contributed by atoms with van der Waals surface area (Å²) in [6.07, 6.45) is 57.9. The number of phosphoric ester groups is 1. The highest BCUT2D eigenvalue weighted by Crippen LogP contribution is 2.38. The van der Waals surface area contributed by atoms with Gasteiger partial charge in [0, 0.05) is 12.8 Å². The third-order valence-electron chi connectivity index (χ3n) is 12.6. The third-order valence-corrected chi connectivity index (χ3v) is 13.5. The van der Waals surface area contributed by atoms with Crippen LogP contribution in [0, 0.1) is 0 Å². The van der Waals surface area contributed by atoms with Crippen LogP contribution in [-0.2, 0) is 27.9 Å². The minimum atomic E-state index is -4.69. The largest absolute Gasteiger partial charge is 0.756 e. The van der Waals surface area contributed by atoms with E-state index in [0.717, 1.165) is 77.0 Å². The van der Waals surface area contributed by atoms with E-state index in [4.69, 9.17) is 13.8 Å². The number of hydrogen-bond acceptors (Lipinski definition) is 7. The molecule has 1 amide bonds. The monoisotopic (exact) mass is 977 g/mol. The van der Waals surface area contributed by atoms with Crippen molar-refractivity contribution in [3.8, 4) is 0 Å². The first kappa shape index (κ1) is 66.0. The fourth-order valence-electron chi connectivity index (χ4n) is 8.17. The van der Waals surface area contributed by atoms with Crippen molar-refractivity contribution in [2.24, 2.45) is 0 Å². The predicted molar refractivity (Wildman–Crippen MR) is 289 cm³/mol. The zero-order valence-electron chi connectivity index (χ0n) is 45.3. The topological polar surface area (TPSA) is 114 Å². The molecule has 0 radical (unpaired) electrons. The van der Waals surface area contributed by atoms with Crippen molar-refractivity contribution in [3.63, 3.8) is 0 Å². The van der Waals surface area contributed by atoms with Gasteiger partial charge in [0.1, 0.15) is 19.3 Å². The normalized spacial score (nSPS) is 14.2. The highest BCUT2D eigenvalue weighted by Gasteiger charge is 2.27. The van der Waals surface area contributed by atoms with E-state index in [1.165, 1.54) is 141 Å². The Balaban J connectivity index is 5.34. The van der Waals surface area contributed by atoms with E-state index < -0.39 is 26.6 Å². The molecule has 0 aromatic rings. The van der Waals surface area contributed by atoms with Crippen LogP contribution in [0.1, 0.15) is 258 Å². The Morgan fingerprint density at radius 2 is 0.941 bits per heavy atom. The van der Waals surface area contributed by atoms with E-state index in [9.17, 15) is 19.0 Å². The van der Waals surface area contributed by atoms with Crippen molar-refractivity contribution < 1.29 is 37.3 Å². The average molecular weight is 977 g/mol. The molecule has 0 saturated carbocycles. The highest BCUT2D eigenvalue weighted by molar-refractivity contribution is 7.45. The first-order valence-electron chi connectivity index (χ1n) is 28.5. The van der Waals surface area contributed by atoms with Crippen molar-refractivity contribution in [1.82, 2.24) is 5.32 Å². The smallest absolute Gasteiger partial charge is 0.306 e. The summed E-state index contributed by atoms with van der Waals surface area (Å²) in [7, 11) is 1.17. The first-order valence-corrected chi connectivity index (χ1v) is 29.9. The fourth-order valence-corrected chi connectivity index (χ4v) is 8.89. The molecule has 0 heterocycles. The van der Waals surface area contributed by atoms with Crippen LogP contribution in [-0.4, -0.2) is 69.4 Å². The van der Waals surface area contributed by atoms with Gasteiger partial charge < -0.3 is 28.5 Å². The van der Waals surface area contributed by atoms with E-state index in [-0.39, 0.29) is 24.9 Å². The van der Waals surface area contributed by atoms with Gasteiger partial charge >= 0.3 is 5.97 Å². The summed E-state index contributed by atoms with van der Waals surface area (Å²) in [4.78, 5) is 39.8. The Bertz CT molecular complexity index is 1310. The molecular formula is C58H109N2O7P. The molecule has 0 rings (SSSR count). The number of nitrogens with zero attached hydrogens (tertiary/aromatic N) is 1. The van der Waals surface area contributed by atoms with Crippen molar-refractivity contribution in [2.75, 3.05) is 40.9 Å². The summed E-state index contributed by atoms with van der Waals surface area (Å²) < 4.78 is 30.2. The standard InChI is InChI=1S/C58H109N2O7P/c1-7-10-13-16-19-22-25-28-29-30-31-33-36-39-42-45-48-51-58(62)67-56(49-46-43-40-37-34-27-24-21-18-15-12-9-3)55(54-66-68(63,64)65-53-52-60(4,5)6)59-57(61)50-47-44-41-38-35-32-26-23-20-17-14-11-8-2/h11,14,17,20,23,26,46,49,55-56H,7-10,12-13,15-16,18-19,21-22,24-25,27-45,47-48,50-54H2,1-6H3,(H-,59,61,63,64)/b14-11+,20-17+,26-23-,49-46+. The van der Waals surface area contributed by atoms with E-state index in [1.54, 1.807) is 0 Å². The fraction of sp³-hybridized carbons (Fsp3) is 0.828. The summed E-state index contributed by atoms with van der Waals surface area (Å²) in [6.45, 7) is 6.70. The van der Waals surface area contributed by atoms with Crippen LogP contribution < -0.4 is 10.2 Å². The lowest BCUT2D eigenvalue weighted by Crippen LogP contribution is -2.47. The lowest BCUT2D eigenvalue weighted by atomic mass is 10.0. The molecular weight excluding hydrogens is 868 g/mol. The number of unbranched alkanes of at least 4 members (excludes halogenated alkanes) is 31. The average Bonchev–Trinajstić information content (AvgIpc) is 3.29. The van der Waals surface area contributed by atoms with Gasteiger partial charge in [-0.3, -0.25) is 14.2 Å². The number of carbonyl (C=O) groups excluding carboxylic acids is 2. The molecule has 3 atom stereocenters. The van der Waals surface area contributed by atoms with Crippen molar-refractivity contribution >= 4 is 19.7 Å². The summed E-state index contributed by atoms with van der Waals surface area (Å²) >= 11 is 0. The molecule has 9 nitrogen and oxygen atoms in total. The van der Waals surface area contributed by atoms with E-state index >= 15 is 0 Å². The Hall–Kier alpha value is -2.03. The van der Waals surface area contributed by atoms with Crippen LogP contribution >= 0.6 is 7.82 Å². The molecule has 1 N–H and O–H groups in total. The van der Waals surface area contributed by atoms with E-state index in [0.29, 0.717) is 23.9 Å². The van der Waals surface area contributed by atoms with Crippen LogP contribution in [0.15, 0.2) is 48.6 Å². The van der Waals surface area contributed by atoms with E-state index in [2.05, 4.69) is 56.5 Å². The van der Waals surface area contributed by atoms with Gasteiger partial charge in [0.15, 0.2) is 0 Å². The van der Waals surface area contributed by atoms with Crippen LogP contribution in [0.4, 0.5) is 0 Å². The Morgan fingerprint density at radius 1 is 0.529 bits per heavy atom. The van der Waals surface area contributed by atoms with Gasteiger partial charge in [0.25, 0.3) is 7.82 Å². The quantitative estimate of drug-likeness (QED) is 0.0161. The molecule has 0 spiro atoms. The zero-order valence-corrected chi connectivity index (χ0v) is 46.2. The molecule has 0 saturated heterocycles. The summed E-state index contributed by atoms with van der Waals surface area (Å²) in [5, 5.41) is 3.01. The van der Waals surface area contributed by atoms with Gasteiger partial charge in [0.2, 0.25) is 5.91 Å². The number of hydrogen-bond donors (Lipinski definition) is 1. The molecule has 0 aliphatic heterocycles. The number of allylic oxidation sites excluding steroid dienone is 7. The number of amides is 1. The second-order valence-corrected chi connectivity index (χ2v) is 21.9. The number of phosphoric acid groups is 1. The van der Waals surface area contributed by atoms with Crippen molar-refractivity contribution in [2.45, 2.75) is 270 Å². The second-order valence-electron chi connectivity index (χ2n) is 20.5. The SMILES string of the molecule is CC/C=C/C=C/C=C\CCCCCCCC(=O)NC(COP(=O)([O-])OCC[N+](C)(C)C)C(/C=C/CCCCCCCCCCCC)OC(=O)CCCCCCCCCCCCCCCCCCC. The number of carbonyl (C=O) groups is 2. The molecule has 0 aromatic heterocycles. The lowest BCUT2D eigenvalue weighted by molar-refractivity contribution is -0.870. The molecule has 0 aliphatic carbocycles. The van der Waals surface area contributed by atoms with Gasteiger partial charge in [-0.1, -0.05) is 243 Å².